The highest BCUT2D eigenvalue weighted by Crippen LogP contribution is 2.33. The van der Waals surface area contributed by atoms with Gasteiger partial charge in [-0.3, -0.25) is 0 Å². The lowest BCUT2D eigenvalue weighted by atomic mass is 10.0. The molecule has 1 saturated carbocycles. The van der Waals surface area contributed by atoms with Gasteiger partial charge in [-0.05, 0) is 41.5 Å². The predicted molar refractivity (Wildman–Crippen MR) is 60.4 cm³/mol. The Morgan fingerprint density at radius 1 is 0.929 bits per heavy atom. The second kappa shape index (κ2) is 3.13. The van der Waals surface area contributed by atoms with Crippen LogP contribution in [0, 0.1) is 5.92 Å². The fraction of sp³-hybridized carbons (Fsp3) is 0.286. The number of hydrogen-bond acceptors (Lipinski definition) is 0. The summed E-state index contributed by atoms with van der Waals surface area (Å²) in [6, 6.07) is 15.5. The number of rotatable bonds is 2. The van der Waals surface area contributed by atoms with Gasteiger partial charge < -0.3 is 0 Å². The van der Waals surface area contributed by atoms with Crippen LogP contribution >= 0.6 is 0 Å². The molecule has 2 aromatic rings. The molecule has 0 saturated heterocycles. The van der Waals surface area contributed by atoms with Gasteiger partial charge in [0, 0.05) is 0 Å². The Hall–Kier alpha value is -1.30. The largest absolute Gasteiger partial charge is 0.0616 e. The highest BCUT2D eigenvalue weighted by molar-refractivity contribution is 5.82. The first-order chi connectivity index (χ1) is 6.92. The lowest BCUT2D eigenvalue weighted by Crippen LogP contribution is -1.86. The Morgan fingerprint density at radius 3 is 2.50 bits per heavy atom. The van der Waals surface area contributed by atoms with Crippen molar-refractivity contribution in [3.05, 3.63) is 48.0 Å². The minimum absolute atomic E-state index is 0.983. The van der Waals surface area contributed by atoms with Gasteiger partial charge in [-0.2, -0.15) is 0 Å². The van der Waals surface area contributed by atoms with Crippen LogP contribution < -0.4 is 0 Å². The summed E-state index contributed by atoms with van der Waals surface area (Å²) in [7, 11) is 0. The molecule has 1 aliphatic carbocycles. The van der Waals surface area contributed by atoms with E-state index in [2.05, 4.69) is 42.5 Å². The van der Waals surface area contributed by atoms with Gasteiger partial charge in [0.05, 0.1) is 0 Å². The van der Waals surface area contributed by atoms with Crippen LogP contribution in [0.1, 0.15) is 18.4 Å². The first kappa shape index (κ1) is 8.05. The van der Waals surface area contributed by atoms with Crippen LogP contribution in [0.5, 0.6) is 0 Å². The third-order valence-corrected chi connectivity index (χ3v) is 3.04. The van der Waals surface area contributed by atoms with Crippen molar-refractivity contribution in [2.24, 2.45) is 5.92 Å². The average molecular weight is 182 g/mol. The lowest BCUT2D eigenvalue weighted by Gasteiger charge is -2.02. The summed E-state index contributed by atoms with van der Waals surface area (Å²) < 4.78 is 0. The van der Waals surface area contributed by atoms with Crippen LogP contribution in [0.3, 0.4) is 0 Å². The standard InChI is InChI=1S/C14H14/c1-2-4-14-10-12(9-11-5-6-11)7-8-13(14)3-1/h1-4,7-8,10-11H,5-6,9H2. The van der Waals surface area contributed by atoms with Crippen molar-refractivity contribution < 1.29 is 0 Å². The van der Waals surface area contributed by atoms with Gasteiger partial charge in [0.15, 0.2) is 0 Å². The second-order valence-electron chi connectivity index (χ2n) is 4.33. The van der Waals surface area contributed by atoms with E-state index in [1.165, 1.54) is 35.6 Å². The summed E-state index contributed by atoms with van der Waals surface area (Å²) in [5.74, 6) is 0.983. The van der Waals surface area contributed by atoms with E-state index in [4.69, 9.17) is 0 Å². The average Bonchev–Trinajstić information content (AvgIpc) is 3.02. The molecule has 0 radical (unpaired) electrons. The highest BCUT2D eigenvalue weighted by Gasteiger charge is 2.21. The van der Waals surface area contributed by atoms with Crippen molar-refractivity contribution in [2.75, 3.05) is 0 Å². The summed E-state index contributed by atoms with van der Waals surface area (Å²) in [4.78, 5) is 0. The van der Waals surface area contributed by atoms with Crippen molar-refractivity contribution >= 4 is 10.8 Å². The molecule has 1 aliphatic rings. The van der Waals surface area contributed by atoms with Crippen LogP contribution in [0.15, 0.2) is 42.5 Å². The van der Waals surface area contributed by atoms with E-state index in [1.54, 1.807) is 0 Å². The molecular weight excluding hydrogens is 168 g/mol. The molecular formula is C14H14. The smallest absolute Gasteiger partial charge is 0.0181 e. The third-order valence-electron chi connectivity index (χ3n) is 3.04. The van der Waals surface area contributed by atoms with Crippen LogP contribution in [-0.4, -0.2) is 0 Å². The summed E-state index contributed by atoms with van der Waals surface area (Å²) in [5.41, 5.74) is 1.51. The number of benzene rings is 2. The second-order valence-corrected chi connectivity index (χ2v) is 4.33. The van der Waals surface area contributed by atoms with Crippen molar-refractivity contribution in [1.29, 1.82) is 0 Å². The molecule has 0 unspecified atom stereocenters. The Bertz CT molecular complexity index is 452. The van der Waals surface area contributed by atoms with Gasteiger partial charge in [0.25, 0.3) is 0 Å². The fourth-order valence-corrected chi connectivity index (χ4v) is 2.02. The molecule has 0 bridgehead atoms. The molecule has 0 heteroatoms. The first-order valence-corrected chi connectivity index (χ1v) is 5.39. The summed E-state index contributed by atoms with van der Waals surface area (Å²) in [6.07, 6.45) is 4.16. The maximum Gasteiger partial charge on any atom is -0.0181 e. The van der Waals surface area contributed by atoms with Crippen LogP contribution in [0.25, 0.3) is 10.8 Å². The number of hydrogen-bond donors (Lipinski definition) is 0. The Morgan fingerprint density at radius 2 is 1.71 bits per heavy atom. The molecule has 0 aliphatic heterocycles. The zero-order valence-electron chi connectivity index (χ0n) is 8.24. The Labute approximate surface area is 84.6 Å². The summed E-state index contributed by atoms with van der Waals surface area (Å²) in [5, 5.41) is 2.73. The topological polar surface area (TPSA) is 0 Å². The molecule has 70 valence electrons. The zero-order chi connectivity index (χ0) is 9.38. The van der Waals surface area contributed by atoms with Crippen molar-refractivity contribution in [3.63, 3.8) is 0 Å². The normalized spacial score (nSPS) is 16.0. The molecule has 0 spiro atoms. The van der Waals surface area contributed by atoms with Gasteiger partial charge in [-0.25, -0.2) is 0 Å². The molecule has 2 aromatic carbocycles. The van der Waals surface area contributed by atoms with Gasteiger partial charge in [0.2, 0.25) is 0 Å². The van der Waals surface area contributed by atoms with Gasteiger partial charge in [-0.1, -0.05) is 42.5 Å². The van der Waals surface area contributed by atoms with E-state index >= 15 is 0 Å². The van der Waals surface area contributed by atoms with E-state index in [-0.39, 0.29) is 0 Å². The quantitative estimate of drug-likeness (QED) is 0.662. The zero-order valence-corrected chi connectivity index (χ0v) is 8.24. The van der Waals surface area contributed by atoms with E-state index in [1.807, 2.05) is 0 Å². The van der Waals surface area contributed by atoms with Gasteiger partial charge in [0.1, 0.15) is 0 Å². The summed E-state index contributed by atoms with van der Waals surface area (Å²) in [6.45, 7) is 0. The van der Waals surface area contributed by atoms with Crippen LogP contribution in [0.4, 0.5) is 0 Å². The molecule has 0 atom stereocenters. The van der Waals surface area contributed by atoms with Crippen molar-refractivity contribution in [2.45, 2.75) is 19.3 Å². The van der Waals surface area contributed by atoms with E-state index < -0.39 is 0 Å². The van der Waals surface area contributed by atoms with Crippen LogP contribution in [-0.2, 0) is 6.42 Å². The Balaban J connectivity index is 2.01. The molecule has 0 aromatic heterocycles. The molecule has 0 amide bonds. The molecule has 1 fully saturated rings. The SMILES string of the molecule is c1ccc2cc(CC3CC3)ccc2c1. The number of fused-ring (bicyclic) bond motifs is 1. The molecule has 14 heavy (non-hydrogen) atoms. The van der Waals surface area contributed by atoms with Gasteiger partial charge in [-0.15, -0.1) is 0 Å². The van der Waals surface area contributed by atoms with Crippen LogP contribution in [0.2, 0.25) is 0 Å². The maximum absolute atomic E-state index is 2.34. The summed E-state index contributed by atoms with van der Waals surface area (Å²) >= 11 is 0. The monoisotopic (exact) mass is 182 g/mol. The highest BCUT2D eigenvalue weighted by atomic mass is 14.3. The first-order valence-electron chi connectivity index (χ1n) is 5.39. The molecule has 3 rings (SSSR count). The maximum atomic E-state index is 2.34. The van der Waals surface area contributed by atoms with Crippen molar-refractivity contribution in [1.82, 2.24) is 0 Å². The van der Waals surface area contributed by atoms with Crippen molar-refractivity contribution in [3.8, 4) is 0 Å². The minimum Gasteiger partial charge on any atom is -0.0616 e. The lowest BCUT2D eigenvalue weighted by molar-refractivity contribution is 0.834. The fourth-order valence-electron chi connectivity index (χ4n) is 2.02. The third kappa shape index (κ3) is 1.52. The Kier molecular flexibility index (Phi) is 1.80. The molecule has 0 heterocycles. The van der Waals surface area contributed by atoms with E-state index in [0.717, 1.165) is 5.92 Å². The predicted octanol–water partition coefficient (Wildman–Crippen LogP) is 3.79. The van der Waals surface area contributed by atoms with E-state index in [0.29, 0.717) is 0 Å². The van der Waals surface area contributed by atoms with E-state index in [9.17, 15) is 0 Å². The molecule has 0 nitrogen and oxygen atoms in total. The molecule has 0 N–H and O–H groups in total. The van der Waals surface area contributed by atoms with Gasteiger partial charge >= 0.3 is 0 Å². The minimum atomic E-state index is 0.983.